The molecule has 0 atom stereocenters. The van der Waals surface area contributed by atoms with Crippen LogP contribution in [0.3, 0.4) is 0 Å². The highest BCUT2D eigenvalue weighted by Gasteiger charge is 2.26. The number of H-pyrrole nitrogens is 1. The van der Waals surface area contributed by atoms with Gasteiger partial charge in [-0.2, -0.15) is 15.4 Å². The standard InChI is InChI=1S/C18H22N8O2/c1-11(2)19-17(27)16-10-26(24-22-16)13-5-7-25(8-6-13)18(28)12-3-4-14-15(9-12)21-23-20-14/h3-4,9-11,13H,5-8H2,1-2H3,(H,19,27)(H,20,21,23). The van der Waals surface area contributed by atoms with E-state index in [4.69, 9.17) is 0 Å². The molecule has 4 rings (SSSR count). The number of hydrogen-bond acceptors (Lipinski definition) is 6. The molecule has 1 aliphatic heterocycles. The number of fused-ring (bicyclic) bond motifs is 1. The number of carbonyl (C=O) groups is 2. The van der Waals surface area contributed by atoms with E-state index in [0.29, 0.717) is 29.9 Å². The molecule has 2 N–H and O–H groups in total. The maximum Gasteiger partial charge on any atom is 0.273 e. The van der Waals surface area contributed by atoms with Crippen molar-refractivity contribution >= 4 is 22.8 Å². The maximum absolute atomic E-state index is 12.8. The Balaban J connectivity index is 1.38. The normalized spacial score (nSPS) is 15.3. The Morgan fingerprint density at radius 1 is 1.18 bits per heavy atom. The maximum atomic E-state index is 12.8. The zero-order valence-electron chi connectivity index (χ0n) is 15.8. The Kier molecular flexibility index (Phi) is 4.76. The summed E-state index contributed by atoms with van der Waals surface area (Å²) < 4.78 is 1.73. The number of likely N-dealkylation sites (tertiary alicyclic amines) is 1. The summed E-state index contributed by atoms with van der Waals surface area (Å²) in [5.41, 5.74) is 2.33. The molecule has 1 aromatic carbocycles. The van der Waals surface area contributed by atoms with E-state index in [2.05, 4.69) is 31.0 Å². The molecule has 146 valence electrons. The van der Waals surface area contributed by atoms with E-state index in [1.54, 1.807) is 29.1 Å². The first-order chi connectivity index (χ1) is 13.5. The van der Waals surface area contributed by atoms with E-state index in [1.807, 2.05) is 18.7 Å². The molecule has 0 aliphatic carbocycles. The molecule has 1 fully saturated rings. The minimum Gasteiger partial charge on any atom is -0.348 e. The van der Waals surface area contributed by atoms with Crippen LogP contribution in [0.15, 0.2) is 24.4 Å². The summed E-state index contributed by atoms with van der Waals surface area (Å²) in [5, 5.41) is 21.5. The molecule has 1 saturated heterocycles. The fraction of sp³-hybridized carbons (Fsp3) is 0.444. The average Bonchev–Trinajstić information content (AvgIpc) is 3.36. The van der Waals surface area contributed by atoms with Crippen LogP contribution in [0.2, 0.25) is 0 Å². The lowest BCUT2D eigenvalue weighted by molar-refractivity contribution is 0.0689. The third-order valence-electron chi connectivity index (χ3n) is 4.85. The monoisotopic (exact) mass is 382 g/mol. The lowest BCUT2D eigenvalue weighted by Crippen LogP contribution is -2.39. The summed E-state index contributed by atoms with van der Waals surface area (Å²) in [6, 6.07) is 5.48. The van der Waals surface area contributed by atoms with Gasteiger partial charge < -0.3 is 10.2 Å². The van der Waals surface area contributed by atoms with Crippen molar-refractivity contribution in [3.63, 3.8) is 0 Å². The predicted octanol–water partition coefficient (Wildman–Crippen LogP) is 1.16. The number of amides is 2. The summed E-state index contributed by atoms with van der Waals surface area (Å²) in [4.78, 5) is 26.7. The molecule has 0 saturated carbocycles. The molecule has 28 heavy (non-hydrogen) atoms. The van der Waals surface area contributed by atoms with Gasteiger partial charge in [-0.3, -0.25) is 9.59 Å². The van der Waals surface area contributed by atoms with Gasteiger partial charge in [-0.25, -0.2) is 4.68 Å². The molecule has 3 heterocycles. The predicted molar refractivity (Wildman–Crippen MR) is 101 cm³/mol. The molecule has 0 radical (unpaired) electrons. The van der Waals surface area contributed by atoms with Gasteiger partial charge in [0.2, 0.25) is 0 Å². The average molecular weight is 382 g/mol. The van der Waals surface area contributed by atoms with Gasteiger partial charge in [-0.15, -0.1) is 5.10 Å². The summed E-state index contributed by atoms with van der Waals surface area (Å²) >= 11 is 0. The largest absolute Gasteiger partial charge is 0.348 e. The lowest BCUT2D eigenvalue weighted by Gasteiger charge is -2.31. The molecular weight excluding hydrogens is 360 g/mol. The molecule has 10 nitrogen and oxygen atoms in total. The van der Waals surface area contributed by atoms with Crippen molar-refractivity contribution in [1.29, 1.82) is 0 Å². The third-order valence-corrected chi connectivity index (χ3v) is 4.85. The van der Waals surface area contributed by atoms with E-state index < -0.39 is 0 Å². The van der Waals surface area contributed by atoms with E-state index in [9.17, 15) is 9.59 Å². The van der Waals surface area contributed by atoms with Gasteiger partial charge in [0, 0.05) is 24.7 Å². The second-order valence-corrected chi connectivity index (χ2v) is 7.26. The Morgan fingerprint density at radius 3 is 2.68 bits per heavy atom. The first kappa shape index (κ1) is 18.1. The lowest BCUT2D eigenvalue weighted by atomic mass is 10.0. The number of carbonyl (C=O) groups excluding carboxylic acids is 2. The third kappa shape index (κ3) is 3.57. The van der Waals surface area contributed by atoms with Gasteiger partial charge in [0.05, 0.1) is 12.2 Å². The Morgan fingerprint density at radius 2 is 1.93 bits per heavy atom. The number of aromatic nitrogens is 6. The van der Waals surface area contributed by atoms with Crippen molar-refractivity contribution in [3.05, 3.63) is 35.7 Å². The smallest absolute Gasteiger partial charge is 0.273 e. The molecule has 0 spiro atoms. The topological polar surface area (TPSA) is 122 Å². The quantitative estimate of drug-likeness (QED) is 0.698. The number of nitrogens with zero attached hydrogens (tertiary/aromatic N) is 6. The van der Waals surface area contributed by atoms with Crippen LogP contribution in [-0.2, 0) is 0 Å². The van der Waals surface area contributed by atoms with E-state index in [0.717, 1.165) is 18.4 Å². The van der Waals surface area contributed by atoms with Crippen molar-refractivity contribution in [1.82, 2.24) is 40.6 Å². The van der Waals surface area contributed by atoms with E-state index in [-0.39, 0.29) is 23.9 Å². The molecule has 2 amide bonds. The van der Waals surface area contributed by atoms with Crippen molar-refractivity contribution in [3.8, 4) is 0 Å². The number of benzene rings is 1. The fourth-order valence-corrected chi connectivity index (χ4v) is 3.38. The number of piperidine rings is 1. The molecule has 10 heteroatoms. The van der Waals surface area contributed by atoms with Crippen molar-refractivity contribution in [2.45, 2.75) is 38.8 Å². The van der Waals surface area contributed by atoms with Crippen LogP contribution in [0, 0.1) is 0 Å². The molecule has 0 unspecified atom stereocenters. The first-order valence-electron chi connectivity index (χ1n) is 9.34. The number of nitrogens with one attached hydrogen (secondary N) is 2. The van der Waals surface area contributed by atoms with Gasteiger partial charge >= 0.3 is 0 Å². The summed E-state index contributed by atoms with van der Waals surface area (Å²) in [7, 11) is 0. The second kappa shape index (κ2) is 7.37. The number of aromatic amines is 1. The van der Waals surface area contributed by atoms with Gasteiger partial charge in [0.1, 0.15) is 11.0 Å². The van der Waals surface area contributed by atoms with Crippen molar-refractivity contribution < 1.29 is 9.59 Å². The van der Waals surface area contributed by atoms with Gasteiger partial charge in [0.25, 0.3) is 11.8 Å². The highest BCUT2D eigenvalue weighted by atomic mass is 16.2. The Hall–Kier alpha value is -3.30. The van der Waals surface area contributed by atoms with Crippen LogP contribution in [0.5, 0.6) is 0 Å². The SMILES string of the molecule is CC(C)NC(=O)c1cn(C2CCN(C(=O)c3ccc4n[nH]nc4c3)CC2)nn1. The zero-order valence-corrected chi connectivity index (χ0v) is 15.8. The summed E-state index contributed by atoms with van der Waals surface area (Å²) in [5.74, 6) is -0.240. The van der Waals surface area contributed by atoms with Crippen molar-refractivity contribution in [2.24, 2.45) is 0 Å². The zero-order chi connectivity index (χ0) is 19.7. The summed E-state index contributed by atoms with van der Waals surface area (Å²) in [6.45, 7) is 5.03. The van der Waals surface area contributed by atoms with Crippen LogP contribution in [0.4, 0.5) is 0 Å². The van der Waals surface area contributed by atoms with Gasteiger partial charge in [-0.1, -0.05) is 5.21 Å². The highest BCUT2D eigenvalue weighted by molar-refractivity contribution is 5.97. The molecule has 0 bridgehead atoms. The highest BCUT2D eigenvalue weighted by Crippen LogP contribution is 2.23. The van der Waals surface area contributed by atoms with Crippen LogP contribution in [0.1, 0.15) is 53.6 Å². The fourth-order valence-electron chi connectivity index (χ4n) is 3.38. The van der Waals surface area contributed by atoms with Gasteiger partial charge in [-0.05, 0) is 44.9 Å². The van der Waals surface area contributed by atoms with Gasteiger partial charge in [0.15, 0.2) is 5.69 Å². The first-order valence-corrected chi connectivity index (χ1v) is 9.34. The molecule has 3 aromatic rings. The van der Waals surface area contributed by atoms with Crippen molar-refractivity contribution in [2.75, 3.05) is 13.1 Å². The second-order valence-electron chi connectivity index (χ2n) is 7.26. The van der Waals surface area contributed by atoms with Crippen LogP contribution >= 0.6 is 0 Å². The molecular formula is C18H22N8O2. The minimum atomic E-state index is -0.225. The Labute approximate surface area is 161 Å². The van der Waals surface area contributed by atoms with Crippen LogP contribution in [-0.4, -0.2) is 66.3 Å². The number of rotatable bonds is 4. The van der Waals surface area contributed by atoms with E-state index in [1.165, 1.54) is 0 Å². The molecule has 1 aliphatic rings. The van der Waals surface area contributed by atoms with Crippen LogP contribution in [0.25, 0.3) is 11.0 Å². The summed E-state index contributed by atoms with van der Waals surface area (Å²) in [6.07, 6.45) is 3.19. The van der Waals surface area contributed by atoms with E-state index >= 15 is 0 Å². The van der Waals surface area contributed by atoms with Crippen LogP contribution < -0.4 is 5.32 Å². The minimum absolute atomic E-state index is 0.0149. The Bertz CT molecular complexity index is 1000. The molecule has 2 aromatic heterocycles. The number of hydrogen-bond donors (Lipinski definition) is 2.